The standard InChI is InChI=1S/C4H10O.CH2O/c1-4(2)5-3;1-2/h4H,1-3H3;1H2. The van der Waals surface area contributed by atoms with Crippen molar-refractivity contribution in [3.8, 4) is 0 Å². The van der Waals surface area contributed by atoms with Gasteiger partial charge < -0.3 is 9.53 Å². The van der Waals surface area contributed by atoms with Crippen LogP contribution in [0.4, 0.5) is 0 Å². The van der Waals surface area contributed by atoms with Crippen LogP contribution < -0.4 is 0 Å². The molecule has 0 fully saturated rings. The molecule has 44 valence electrons. The zero-order valence-electron chi connectivity index (χ0n) is 5.10. The summed E-state index contributed by atoms with van der Waals surface area (Å²) in [5.41, 5.74) is 0. The maximum Gasteiger partial charge on any atom is 0.106 e. The van der Waals surface area contributed by atoms with Gasteiger partial charge in [0, 0.05) is 7.11 Å². The third kappa shape index (κ3) is 27.9. The van der Waals surface area contributed by atoms with Gasteiger partial charge in [0.05, 0.1) is 6.10 Å². The molecule has 0 saturated carbocycles. The number of hydrogen-bond acceptors (Lipinski definition) is 2. The highest BCUT2D eigenvalue weighted by molar-refractivity contribution is 5.10. The molecule has 0 N–H and O–H groups in total. The first-order valence-electron chi connectivity index (χ1n) is 2.09. The van der Waals surface area contributed by atoms with E-state index in [-0.39, 0.29) is 0 Å². The van der Waals surface area contributed by atoms with Crippen molar-refractivity contribution in [2.75, 3.05) is 7.11 Å². The molecule has 0 aliphatic rings. The van der Waals surface area contributed by atoms with E-state index >= 15 is 0 Å². The largest absolute Gasteiger partial charge is 0.382 e. The van der Waals surface area contributed by atoms with E-state index in [1.807, 2.05) is 20.6 Å². The minimum Gasteiger partial charge on any atom is -0.382 e. The summed E-state index contributed by atoms with van der Waals surface area (Å²) in [6, 6.07) is 0. The molecular formula is C5H12O2. The molecule has 0 aromatic rings. The highest BCUT2D eigenvalue weighted by atomic mass is 16.5. The lowest BCUT2D eigenvalue weighted by Crippen LogP contribution is -1.94. The van der Waals surface area contributed by atoms with Crippen molar-refractivity contribution in [3.63, 3.8) is 0 Å². The van der Waals surface area contributed by atoms with Crippen molar-refractivity contribution in [2.24, 2.45) is 0 Å². The molecule has 0 spiro atoms. The Kier molecular flexibility index (Phi) is 12.8. The van der Waals surface area contributed by atoms with Crippen LogP contribution in [-0.4, -0.2) is 20.0 Å². The Labute approximate surface area is 44.5 Å². The molecule has 2 heteroatoms. The highest BCUT2D eigenvalue weighted by Crippen LogP contribution is 1.77. The molecule has 0 rings (SSSR count). The zero-order valence-corrected chi connectivity index (χ0v) is 5.10. The fraction of sp³-hybridized carbons (Fsp3) is 0.800. The van der Waals surface area contributed by atoms with Crippen LogP contribution in [0.25, 0.3) is 0 Å². The van der Waals surface area contributed by atoms with Crippen molar-refractivity contribution >= 4 is 6.79 Å². The number of carbonyl (C=O) groups excluding carboxylic acids is 1. The van der Waals surface area contributed by atoms with Gasteiger partial charge in [-0.2, -0.15) is 0 Å². The molecule has 0 atom stereocenters. The van der Waals surface area contributed by atoms with Gasteiger partial charge in [0.2, 0.25) is 0 Å². The predicted molar refractivity (Wildman–Crippen MR) is 29.3 cm³/mol. The Morgan fingerprint density at radius 1 is 1.43 bits per heavy atom. The van der Waals surface area contributed by atoms with Crippen molar-refractivity contribution in [1.29, 1.82) is 0 Å². The van der Waals surface area contributed by atoms with Gasteiger partial charge in [0.15, 0.2) is 0 Å². The molecule has 0 amide bonds. The van der Waals surface area contributed by atoms with Gasteiger partial charge in [-0.05, 0) is 13.8 Å². The average Bonchev–Trinajstić information content (AvgIpc) is 1.73. The van der Waals surface area contributed by atoms with Gasteiger partial charge in [-0.25, -0.2) is 0 Å². The van der Waals surface area contributed by atoms with Crippen molar-refractivity contribution in [3.05, 3.63) is 0 Å². The van der Waals surface area contributed by atoms with E-state index in [2.05, 4.69) is 0 Å². The van der Waals surface area contributed by atoms with Gasteiger partial charge in [-0.3, -0.25) is 0 Å². The summed E-state index contributed by atoms with van der Waals surface area (Å²) in [6.45, 7) is 6.00. The Hall–Kier alpha value is -0.370. The van der Waals surface area contributed by atoms with Crippen LogP contribution >= 0.6 is 0 Å². The lowest BCUT2D eigenvalue weighted by molar-refractivity contribution is -0.0979. The van der Waals surface area contributed by atoms with E-state index in [1.54, 1.807) is 7.11 Å². The highest BCUT2D eigenvalue weighted by Gasteiger charge is 1.78. The third-order valence-corrected chi connectivity index (χ3v) is 0.471. The second-order valence-electron chi connectivity index (χ2n) is 1.28. The maximum atomic E-state index is 8.00. The van der Waals surface area contributed by atoms with Gasteiger partial charge >= 0.3 is 0 Å². The SMILES string of the molecule is C=O.COC(C)C. The fourth-order valence-electron chi connectivity index (χ4n) is 0. The monoisotopic (exact) mass is 104 g/mol. The number of rotatable bonds is 1. The second-order valence-corrected chi connectivity index (χ2v) is 1.28. The molecule has 0 aromatic heterocycles. The average molecular weight is 104 g/mol. The molecule has 0 bridgehead atoms. The lowest BCUT2D eigenvalue weighted by Gasteiger charge is -1.94. The van der Waals surface area contributed by atoms with Crippen LogP contribution in [0.1, 0.15) is 13.8 Å². The number of carbonyl (C=O) groups is 1. The maximum absolute atomic E-state index is 8.00. The molecule has 2 nitrogen and oxygen atoms in total. The zero-order chi connectivity index (χ0) is 6.28. The second kappa shape index (κ2) is 9.16. The Morgan fingerprint density at radius 3 is 1.57 bits per heavy atom. The summed E-state index contributed by atoms with van der Waals surface area (Å²) in [5, 5.41) is 0. The molecule has 0 aromatic carbocycles. The molecule has 0 radical (unpaired) electrons. The third-order valence-electron chi connectivity index (χ3n) is 0.471. The predicted octanol–water partition coefficient (Wildman–Crippen LogP) is 0.856. The molecule has 0 unspecified atom stereocenters. The van der Waals surface area contributed by atoms with Crippen LogP contribution in [0.2, 0.25) is 0 Å². The van der Waals surface area contributed by atoms with E-state index in [1.165, 1.54) is 0 Å². The summed E-state index contributed by atoms with van der Waals surface area (Å²) in [5.74, 6) is 0. The quantitative estimate of drug-likeness (QED) is 0.493. The topological polar surface area (TPSA) is 26.3 Å². The van der Waals surface area contributed by atoms with E-state index in [0.717, 1.165) is 0 Å². The first kappa shape index (κ1) is 9.80. The fourth-order valence-corrected chi connectivity index (χ4v) is 0. The van der Waals surface area contributed by atoms with Crippen LogP contribution in [-0.2, 0) is 9.53 Å². The molecule has 0 aliphatic heterocycles. The van der Waals surface area contributed by atoms with Crippen molar-refractivity contribution in [2.45, 2.75) is 20.0 Å². The lowest BCUT2D eigenvalue weighted by atomic mass is 10.5. The van der Waals surface area contributed by atoms with Crippen LogP contribution in [0.3, 0.4) is 0 Å². The van der Waals surface area contributed by atoms with Gasteiger partial charge in [0.25, 0.3) is 0 Å². The summed E-state index contributed by atoms with van der Waals surface area (Å²) in [6.07, 6.45) is 0.384. The van der Waals surface area contributed by atoms with Gasteiger partial charge in [-0.1, -0.05) is 0 Å². The molecule has 0 saturated heterocycles. The van der Waals surface area contributed by atoms with Crippen LogP contribution in [0, 0.1) is 0 Å². The number of hydrogen-bond donors (Lipinski definition) is 0. The van der Waals surface area contributed by atoms with Gasteiger partial charge in [0.1, 0.15) is 6.79 Å². The molecule has 0 aliphatic carbocycles. The Balaban J connectivity index is 0. The summed E-state index contributed by atoms with van der Waals surface area (Å²) < 4.78 is 4.75. The van der Waals surface area contributed by atoms with E-state index in [0.29, 0.717) is 6.10 Å². The smallest absolute Gasteiger partial charge is 0.106 e. The first-order valence-corrected chi connectivity index (χ1v) is 2.09. The van der Waals surface area contributed by atoms with Crippen LogP contribution in [0.15, 0.2) is 0 Å². The molecule has 0 heterocycles. The van der Waals surface area contributed by atoms with Crippen molar-refractivity contribution < 1.29 is 9.53 Å². The summed E-state index contributed by atoms with van der Waals surface area (Å²) >= 11 is 0. The first-order chi connectivity index (χ1) is 3.27. The Bertz CT molecular complexity index is 27.3. The van der Waals surface area contributed by atoms with Gasteiger partial charge in [-0.15, -0.1) is 0 Å². The number of methoxy groups -OCH3 is 1. The minimum absolute atomic E-state index is 0.384. The van der Waals surface area contributed by atoms with Crippen LogP contribution in [0.5, 0.6) is 0 Å². The minimum atomic E-state index is 0.384. The molecule has 7 heavy (non-hydrogen) atoms. The number of ether oxygens (including phenoxy) is 1. The Morgan fingerprint density at radius 2 is 1.57 bits per heavy atom. The summed E-state index contributed by atoms with van der Waals surface area (Å²) in [4.78, 5) is 8.00. The van der Waals surface area contributed by atoms with E-state index in [9.17, 15) is 0 Å². The van der Waals surface area contributed by atoms with E-state index < -0.39 is 0 Å². The normalized spacial score (nSPS) is 7.43. The summed E-state index contributed by atoms with van der Waals surface area (Å²) in [7, 11) is 1.70. The van der Waals surface area contributed by atoms with Crippen molar-refractivity contribution in [1.82, 2.24) is 0 Å². The molecular weight excluding hydrogens is 92.1 g/mol. The van der Waals surface area contributed by atoms with E-state index in [4.69, 9.17) is 9.53 Å².